The fraction of sp³-hybridized carbons (Fsp3) is 0.579. The fourth-order valence-electron chi connectivity index (χ4n) is 2.90. The molecule has 0 bridgehead atoms. The number of aryl methyl sites for hydroxylation is 1. The fourth-order valence-corrected chi connectivity index (χ4v) is 2.90. The molecule has 1 aliphatic rings. The van der Waals surface area contributed by atoms with Gasteiger partial charge in [0.25, 0.3) is 0 Å². The summed E-state index contributed by atoms with van der Waals surface area (Å²) in [6.45, 7) is 11.1. The normalized spacial score (nSPS) is 14.9. The Bertz CT molecular complexity index is 597. The minimum atomic E-state index is 0. The molecule has 1 aromatic rings. The van der Waals surface area contributed by atoms with Gasteiger partial charge in [0.1, 0.15) is 0 Å². The summed E-state index contributed by atoms with van der Waals surface area (Å²) in [6.07, 6.45) is 0. The summed E-state index contributed by atoms with van der Waals surface area (Å²) < 4.78 is 0. The van der Waals surface area contributed by atoms with E-state index in [2.05, 4.69) is 56.6 Å². The van der Waals surface area contributed by atoms with Crippen LogP contribution in [0.3, 0.4) is 0 Å². The molecule has 0 aromatic heterocycles. The van der Waals surface area contributed by atoms with Crippen molar-refractivity contribution in [3.63, 3.8) is 0 Å². The van der Waals surface area contributed by atoms with Gasteiger partial charge in [-0.1, -0.05) is 26.0 Å². The topological polar surface area (TPSA) is 60.0 Å². The van der Waals surface area contributed by atoms with E-state index in [1.54, 1.807) is 0 Å². The second-order valence-corrected chi connectivity index (χ2v) is 6.73. The van der Waals surface area contributed by atoms with Crippen molar-refractivity contribution in [3.05, 3.63) is 29.8 Å². The third-order valence-corrected chi connectivity index (χ3v) is 4.39. The van der Waals surface area contributed by atoms with Crippen molar-refractivity contribution in [1.29, 1.82) is 0 Å². The highest BCUT2D eigenvalue weighted by Crippen LogP contribution is 2.17. The molecule has 26 heavy (non-hydrogen) atoms. The van der Waals surface area contributed by atoms with Gasteiger partial charge < -0.3 is 20.4 Å². The number of benzene rings is 1. The number of piperazine rings is 1. The summed E-state index contributed by atoms with van der Waals surface area (Å²) in [4.78, 5) is 20.6. The molecule has 0 spiro atoms. The number of nitrogens with one attached hydrogen (secondary N) is 2. The first-order valence-corrected chi connectivity index (χ1v) is 9.06. The minimum absolute atomic E-state index is 0. The number of nitrogens with zero attached hydrogens (tertiary/aromatic N) is 3. The lowest BCUT2D eigenvalue weighted by molar-refractivity contribution is -0.123. The van der Waals surface area contributed by atoms with Crippen molar-refractivity contribution in [3.8, 4) is 0 Å². The predicted octanol–water partition coefficient (Wildman–Crippen LogP) is 2.08. The number of amides is 1. The standard InChI is InChI=1S/C19H31N5O.HI/c1-15(2)18(25)21-8-9-22-19(20-4)24-12-10-23(11-13-24)17-7-5-6-16(3)14-17;/h5-7,14-15H,8-13H2,1-4H3,(H,20,22)(H,21,25);1H. The predicted molar refractivity (Wildman–Crippen MR) is 120 cm³/mol. The van der Waals surface area contributed by atoms with E-state index in [9.17, 15) is 4.79 Å². The Morgan fingerprint density at radius 3 is 2.38 bits per heavy atom. The minimum Gasteiger partial charge on any atom is -0.368 e. The van der Waals surface area contributed by atoms with Gasteiger partial charge in [-0.25, -0.2) is 0 Å². The Labute approximate surface area is 174 Å². The summed E-state index contributed by atoms with van der Waals surface area (Å²) in [6, 6.07) is 8.65. The molecule has 1 aromatic carbocycles. The van der Waals surface area contributed by atoms with Crippen LogP contribution in [-0.2, 0) is 4.79 Å². The Kier molecular flexibility index (Phi) is 9.75. The quantitative estimate of drug-likeness (QED) is 0.298. The van der Waals surface area contributed by atoms with Crippen LogP contribution in [-0.4, -0.2) is 63.1 Å². The van der Waals surface area contributed by atoms with Gasteiger partial charge in [-0.15, -0.1) is 24.0 Å². The number of aliphatic imine (C=N–C) groups is 1. The van der Waals surface area contributed by atoms with Crippen molar-refractivity contribution < 1.29 is 4.79 Å². The van der Waals surface area contributed by atoms with Crippen LogP contribution in [0.1, 0.15) is 19.4 Å². The van der Waals surface area contributed by atoms with Gasteiger partial charge in [0.05, 0.1) is 0 Å². The average Bonchev–Trinajstić information content (AvgIpc) is 2.62. The zero-order valence-corrected chi connectivity index (χ0v) is 18.6. The third-order valence-electron chi connectivity index (χ3n) is 4.39. The number of hydrogen-bond acceptors (Lipinski definition) is 3. The van der Waals surface area contributed by atoms with E-state index in [0.717, 1.165) is 32.1 Å². The van der Waals surface area contributed by atoms with Gasteiger partial charge in [-0.2, -0.15) is 0 Å². The number of carbonyl (C=O) groups excluding carboxylic acids is 1. The van der Waals surface area contributed by atoms with Crippen molar-refractivity contribution >= 4 is 41.5 Å². The molecule has 1 amide bonds. The van der Waals surface area contributed by atoms with Gasteiger partial charge in [-0.3, -0.25) is 9.79 Å². The van der Waals surface area contributed by atoms with E-state index >= 15 is 0 Å². The summed E-state index contributed by atoms with van der Waals surface area (Å²) >= 11 is 0. The second kappa shape index (κ2) is 11.3. The highest BCUT2D eigenvalue weighted by Gasteiger charge is 2.19. The van der Waals surface area contributed by atoms with Crippen LogP contribution in [0.15, 0.2) is 29.3 Å². The van der Waals surface area contributed by atoms with E-state index < -0.39 is 0 Å². The highest BCUT2D eigenvalue weighted by molar-refractivity contribution is 14.0. The second-order valence-electron chi connectivity index (χ2n) is 6.73. The van der Waals surface area contributed by atoms with Crippen LogP contribution in [0.25, 0.3) is 0 Å². The van der Waals surface area contributed by atoms with Crippen molar-refractivity contribution in [1.82, 2.24) is 15.5 Å². The molecule has 0 atom stereocenters. The molecular weight excluding hydrogens is 441 g/mol. The summed E-state index contributed by atoms with van der Waals surface area (Å²) in [5, 5.41) is 6.25. The van der Waals surface area contributed by atoms with Crippen molar-refractivity contribution in [2.75, 3.05) is 51.2 Å². The zero-order valence-electron chi connectivity index (χ0n) is 16.3. The molecule has 1 saturated heterocycles. The van der Waals surface area contributed by atoms with E-state index in [0.29, 0.717) is 13.1 Å². The molecule has 7 heteroatoms. The van der Waals surface area contributed by atoms with Crippen LogP contribution in [0.5, 0.6) is 0 Å². The molecule has 0 saturated carbocycles. The molecule has 146 valence electrons. The Balaban J connectivity index is 0.00000338. The smallest absolute Gasteiger partial charge is 0.222 e. The first-order chi connectivity index (χ1) is 12.0. The van der Waals surface area contributed by atoms with Crippen LogP contribution < -0.4 is 15.5 Å². The van der Waals surface area contributed by atoms with Crippen molar-refractivity contribution in [2.45, 2.75) is 20.8 Å². The van der Waals surface area contributed by atoms with Gasteiger partial charge in [0.2, 0.25) is 5.91 Å². The molecule has 2 N–H and O–H groups in total. The van der Waals surface area contributed by atoms with E-state index in [1.165, 1.54) is 11.3 Å². The SMILES string of the molecule is CN=C(NCCNC(=O)C(C)C)N1CCN(c2cccc(C)c2)CC1.I. The average molecular weight is 473 g/mol. The lowest BCUT2D eigenvalue weighted by atomic mass is 10.2. The van der Waals surface area contributed by atoms with Gasteiger partial charge in [0.15, 0.2) is 5.96 Å². The monoisotopic (exact) mass is 473 g/mol. The molecule has 0 unspecified atom stereocenters. The largest absolute Gasteiger partial charge is 0.368 e. The third kappa shape index (κ3) is 6.66. The van der Waals surface area contributed by atoms with Crippen molar-refractivity contribution in [2.24, 2.45) is 10.9 Å². The number of guanidine groups is 1. The first-order valence-electron chi connectivity index (χ1n) is 9.06. The Morgan fingerprint density at radius 2 is 1.81 bits per heavy atom. The maximum atomic E-state index is 11.6. The van der Waals surface area contributed by atoms with Gasteiger partial charge >= 0.3 is 0 Å². The van der Waals surface area contributed by atoms with Crippen LogP contribution >= 0.6 is 24.0 Å². The lowest BCUT2D eigenvalue weighted by Gasteiger charge is -2.37. The molecule has 0 radical (unpaired) electrons. The summed E-state index contributed by atoms with van der Waals surface area (Å²) in [7, 11) is 1.81. The molecule has 6 nitrogen and oxygen atoms in total. The number of halogens is 1. The first kappa shape index (κ1) is 22.5. The van der Waals surface area contributed by atoms with E-state index in [-0.39, 0.29) is 35.8 Å². The molecule has 1 fully saturated rings. The molecule has 1 heterocycles. The van der Waals surface area contributed by atoms with Crippen LogP contribution in [0.4, 0.5) is 5.69 Å². The van der Waals surface area contributed by atoms with Gasteiger partial charge in [-0.05, 0) is 24.6 Å². The van der Waals surface area contributed by atoms with E-state index in [1.807, 2.05) is 20.9 Å². The Morgan fingerprint density at radius 1 is 1.15 bits per heavy atom. The van der Waals surface area contributed by atoms with Crippen LogP contribution in [0, 0.1) is 12.8 Å². The Hall–Kier alpha value is -1.51. The number of rotatable bonds is 5. The molecular formula is C19H32IN5O. The summed E-state index contributed by atoms with van der Waals surface area (Å²) in [5.41, 5.74) is 2.58. The summed E-state index contributed by atoms with van der Waals surface area (Å²) in [5.74, 6) is 1.01. The molecule has 1 aliphatic heterocycles. The lowest BCUT2D eigenvalue weighted by Crippen LogP contribution is -2.53. The maximum absolute atomic E-state index is 11.6. The van der Waals surface area contributed by atoms with E-state index in [4.69, 9.17) is 0 Å². The van der Waals surface area contributed by atoms with Crippen LogP contribution in [0.2, 0.25) is 0 Å². The number of carbonyl (C=O) groups is 1. The highest BCUT2D eigenvalue weighted by atomic mass is 127. The number of anilines is 1. The molecule has 0 aliphatic carbocycles. The number of hydrogen-bond donors (Lipinski definition) is 2. The van der Waals surface area contributed by atoms with Gasteiger partial charge in [0, 0.05) is 57.9 Å². The maximum Gasteiger partial charge on any atom is 0.222 e. The molecule has 2 rings (SSSR count). The zero-order chi connectivity index (χ0) is 18.2.